The summed E-state index contributed by atoms with van der Waals surface area (Å²) in [5.74, 6) is 0.899. The summed E-state index contributed by atoms with van der Waals surface area (Å²) in [5.41, 5.74) is 3.11. The second-order valence-corrected chi connectivity index (χ2v) is 5.34. The van der Waals surface area contributed by atoms with Crippen LogP contribution in [0.2, 0.25) is 0 Å². The molecule has 0 bridgehead atoms. The fourth-order valence-corrected chi connectivity index (χ4v) is 2.30. The molecule has 1 aliphatic rings. The van der Waals surface area contributed by atoms with E-state index >= 15 is 0 Å². The van der Waals surface area contributed by atoms with Crippen LogP contribution < -0.4 is 4.74 Å². The Morgan fingerprint density at radius 3 is 2.39 bits per heavy atom. The van der Waals surface area contributed by atoms with Gasteiger partial charge in [0.2, 0.25) is 0 Å². The van der Waals surface area contributed by atoms with E-state index in [0.717, 1.165) is 35.3 Å². The number of rotatable bonds is 5. The quantitative estimate of drug-likeness (QED) is 0.867. The molecule has 3 nitrogen and oxygen atoms in total. The first-order chi connectivity index (χ1) is 8.60. The average Bonchev–Trinajstić information content (AvgIpc) is 3.08. The minimum Gasteiger partial charge on any atom is -0.492 e. The Kier molecular flexibility index (Phi) is 3.58. The zero-order valence-electron chi connectivity index (χ0n) is 11.0. The summed E-state index contributed by atoms with van der Waals surface area (Å²) in [5, 5.41) is 17.9. The maximum absolute atomic E-state index is 9.14. The minimum atomic E-state index is 0.0559. The van der Waals surface area contributed by atoms with Crippen LogP contribution in [0.3, 0.4) is 0 Å². The predicted octanol–water partition coefficient (Wildman–Crippen LogP) is 2.87. The lowest BCUT2D eigenvalue weighted by Gasteiger charge is -2.17. The summed E-state index contributed by atoms with van der Waals surface area (Å²) in [4.78, 5) is 0. The Morgan fingerprint density at radius 1 is 1.33 bits per heavy atom. The van der Waals surface area contributed by atoms with Crippen molar-refractivity contribution in [2.24, 2.45) is 5.41 Å². The Morgan fingerprint density at radius 2 is 1.94 bits per heavy atom. The van der Waals surface area contributed by atoms with Crippen molar-refractivity contribution in [1.82, 2.24) is 0 Å². The molecule has 1 saturated carbocycles. The van der Waals surface area contributed by atoms with E-state index in [-0.39, 0.29) is 12.0 Å². The van der Waals surface area contributed by atoms with Crippen LogP contribution in [0.25, 0.3) is 0 Å². The van der Waals surface area contributed by atoms with E-state index in [0.29, 0.717) is 13.0 Å². The van der Waals surface area contributed by atoms with Crippen LogP contribution in [0, 0.1) is 30.6 Å². The molecule has 0 aliphatic heterocycles. The molecule has 0 atom stereocenters. The molecule has 0 aromatic heterocycles. The number of nitriles is 1. The monoisotopic (exact) mass is 245 g/mol. The van der Waals surface area contributed by atoms with E-state index in [1.165, 1.54) is 0 Å². The third-order valence-electron chi connectivity index (χ3n) is 3.64. The molecule has 1 N–H and O–H groups in total. The van der Waals surface area contributed by atoms with Gasteiger partial charge in [-0.1, -0.05) is 12.1 Å². The maximum Gasteiger partial charge on any atom is 0.125 e. The van der Waals surface area contributed by atoms with Crippen LogP contribution in [0.1, 0.15) is 36.0 Å². The molecule has 96 valence electrons. The van der Waals surface area contributed by atoms with Crippen molar-refractivity contribution in [2.75, 3.05) is 6.61 Å². The molecule has 0 unspecified atom stereocenters. The van der Waals surface area contributed by atoms with Crippen LogP contribution in [0.15, 0.2) is 12.1 Å². The molecule has 1 fully saturated rings. The van der Waals surface area contributed by atoms with Gasteiger partial charge in [-0.15, -0.1) is 0 Å². The summed E-state index contributed by atoms with van der Waals surface area (Å²) in [6.45, 7) is 4.66. The highest BCUT2D eigenvalue weighted by Gasteiger charge is 2.43. The number of aryl methyl sites for hydroxylation is 2. The van der Waals surface area contributed by atoms with Gasteiger partial charge >= 0.3 is 0 Å². The lowest BCUT2D eigenvalue weighted by molar-refractivity contribution is 0.233. The highest BCUT2D eigenvalue weighted by atomic mass is 16.5. The minimum absolute atomic E-state index is 0.0559. The van der Waals surface area contributed by atoms with Crippen molar-refractivity contribution in [3.63, 3.8) is 0 Å². The van der Waals surface area contributed by atoms with Crippen molar-refractivity contribution in [3.05, 3.63) is 28.8 Å². The van der Waals surface area contributed by atoms with Gasteiger partial charge in [0.25, 0.3) is 0 Å². The van der Waals surface area contributed by atoms with Gasteiger partial charge in [0, 0.05) is 11.8 Å². The normalized spacial score (nSPS) is 16.1. The Bertz CT molecular complexity index is 461. The van der Waals surface area contributed by atoms with Crippen LogP contribution in [0.4, 0.5) is 0 Å². The predicted molar refractivity (Wildman–Crippen MR) is 69.2 cm³/mol. The van der Waals surface area contributed by atoms with Gasteiger partial charge in [0.15, 0.2) is 0 Å². The summed E-state index contributed by atoms with van der Waals surface area (Å²) in [7, 11) is 0. The summed E-state index contributed by atoms with van der Waals surface area (Å²) in [6.07, 6.45) is 2.76. The lowest BCUT2D eigenvalue weighted by Crippen LogP contribution is -2.13. The van der Waals surface area contributed by atoms with E-state index in [4.69, 9.17) is 15.1 Å². The van der Waals surface area contributed by atoms with Crippen LogP contribution >= 0.6 is 0 Å². The van der Waals surface area contributed by atoms with Crippen molar-refractivity contribution in [3.8, 4) is 11.8 Å². The van der Waals surface area contributed by atoms with Gasteiger partial charge in [-0.25, -0.2) is 0 Å². The third-order valence-corrected chi connectivity index (χ3v) is 3.64. The molecule has 0 spiro atoms. The van der Waals surface area contributed by atoms with E-state index < -0.39 is 0 Å². The van der Waals surface area contributed by atoms with Gasteiger partial charge in [0.05, 0.1) is 19.3 Å². The van der Waals surface area contributed by atoms with Crippen molar-refractivity contribution in [2.45, 2.75) is 39.7 Å². The molecule has 18 heavy (non-hydrogen) atoms. The highest BCUT2D eigenvalue weighted by Crippen LogP contribution is 2.49. The summed E-state index contributed by atoms with van der Waals surface area (Å²) >= 11 is 0. The van der Waals surface area contributed by atoms with E-state index in [1.54, 1.807) is 0 Å². The smallest absolute Gasteiger partial charge is 0.125 e. The first-order valence-corrected chi connectivity index (χ1v) is 6.31. The molecule has 0 saturated heterocycles. The number of ether oxygens (including phenoxy) is 1. The third kappa shape index (κ3) is 2.65. The first kappa shape index (κ1) is 12.9. The molecule has 1 aromatic rings. The second kappa shape index (κ2) is 4.99. The highest BCUT2D eigenvalue weighted by molar-refractivity contribution is 5.43. The fraction of sp³-hybridized carbons (Fsp3) is 0.533. The number of aliphatic hydroxyl groups is 1. The van der Waals surface area contributed by atoms with E-state index in [1.807, 2.05) is 26.0 Å². The van der Waals surface area contributed by atoms with Crippen molar-refractivity contribution < 1.29 is 9.84 Å². The summed E-state index contributed by atoms with van der Waals surface area (Å²) < 4.78 is 5.91. The number of hydrogen-bond acceptors (Lipinski definition) is 3. The molecular formula is C15H19NO2. The number of benzene rings is 1. The first-order valence-electron chi connectivity index (χ1n) is 6.31. The van der Waals surface area contributed by atoms with Gasteiger partial charge in [-0.3, -0.25) is 0 Å². The zero-order valence-corrected chi connectivity index (χ0v) is 11.0. The molecular weight excluding hydrogens is 226 g/mol. The molecule has 1 aliphatic carbocycles. The summed E-state index contributed by atoms with van der Waals surface area (Å²) in [6, 6.07) is 6.14. The van der Waals surface area contributed by atoms with Gasteiger partial charge in [-0.05, 0) is 43.4 Å². The van der Waals surface area contributed by atoms with Crippen molar-refractivity contribution in [1.29, 1.82) is 5.26 Å². The largest absolute Gasteiger partial charge is 0.492 e. The molecule has 0 heterocycles. The van der Waals surface area contributed by atoms with Gasteiger partial charge in [-0.2, -0.15) is 5.26 Å². The molecule has 0 radical (unpaired) electrons. The molecule has 1 aromatic carbocycles. The second-order valence-electron chi connectivity index (χ2n) is 5.34. The Labute approximate surface area is 108 Å². The number of nitrogens with zero attached hydrogens (tertiary/aromatic N) is 1. The molecule has 0 amide bonds. The van der Waals surface area contributed by atoms with Gasteiger partial charge in [0.1, 0.15) is 5.75 Å². The topological polar surface area (TPSA) is 53.2 Å². The molecule has 3 heteroatoms. The van der Waals surface area contributed by atoms with E-state index in [2.05, 4.69) is 6.07 Å². The van der Waals surface area contributed by atoms with Crippen LogP contribution in [-0.4, -0.2) is 11.7 Å². The standard InChI is InChI=1S/C15H19NO2/c1-11-7-13(9-17)8-12(2)14(11)18-10-15(3-4-15)5-6-16/h7-8,17H,3-5,9-10H2,1-2H3. The van der Waals surface area contributed by atoms with Crippen molar-refractivity contribution >= 4 is 0 Å². The number of aliphatic hydroxyl groups excluding tert-OH is 1. The average molecular weight is 245 g/mol. The fourth-order valence-electron chi connectivity index (χ4n) is 2.30. The maximum atomic E-state index is 9.14. The zero-order chi connectivity index (χ0) is 13.2. The Balaban J connectivity index is 2.08. The van der Waals surface area contributed by atoms with Crippen LogP contribution in [-0.2, 0) is 6.61 Å². The number of hydrogen-bond donors (Lipinski definition) is 1. The van der Waals surface area contributed by atoms with Crippen LogP contribution in [0.5, 0.6) is 5.75 Å². The lowest BCUT2D eigenvalue weighted by atomic mass is 10.0. The van der Waals surface area contributed by atoms with Gasteiger partial charge < -0.3 is 9.84 Å². The SMILES string of the molecule is Cc1cc(CO)cc(C)c1OCC1(CC#N)CC1. The Hall–Kier alpha value is -1.53. The molecule has 2 rings (SSSR count). The van der Waals surface area contributed by atoms with E-state index in [9.17, 15) is 0 Å².